The molecule has 0 aromatic carbocycles. The summed E-state index contributed by atoms with van der Waals surface area (Å²) in [7, 11) is 1.95. The highest BCUT2D eigenvalue weighted by atomic mass is 32.1. The minimum Gasteiger partial charge on any atom is -0.481 e. The minimum absolute atomic E-state index is 0.211. The Balaban J connectivity index is 2.36. The summed E-state index contributed by atoms with van der Waals surface area (Å²) in [5, 5.41) is 8.55. The van der Waals surface area contributed by atoms with Crippen LogP contribution >= 0.6 is 11.3 Å². The summed E-state index contributed by atoms with van der Waals surface area (Å²) in [6.07, 6.45) is 1.28. The molecule has 0 saturated carbocycles. The van der Waals surface area contributed by atoms with E-state index < -0.39 is 5.97 Å². The first kappa shape index (κ1) is 12.2. The van der Waals surface area contributed by atoms with E-state index in [1.807, 2.05) is 11.9 Å². The zero-order valence-corrected chi connectivity index (χ0v) is 10.0. The first-order valence-corrected chi connectivity index (χ1v) is 5.91. The first-order valence-electron chi connectivity index (χ1n) is 5.09. The molecule has 1 aromatic rings. The van der Waals surface area contributed by atoms with Crippen LogP contribution in [0.4, 0.5) is 0 Å². The SMILES string of the molecule is CCc1ccc(CN(C)CCC(=O)O)s1. The number of rotatable bonds is 6. The molecule has 1 rings (SSSR count). The van der Waals surface area contributed by atoms with Gasteiger partial charge in [0.1, 0.15) is 0 Å². The van der Waals surface area contributed by atoms with Crippen molar-refractivity contribution < 1.29 is 9.90 Å². The third-order valence-electron chi connectivity index (χ3n) is 2.20. The Morgan fingerprint density at radius 1 is 1.47 bits per heavy atom. The Bertz CT molecular complexity index is 322. The molecule has 1 N–H and O–H groups in total. The van der Waals surface area contributed by atoms with Crippen molar-refractivity contribution in [1.82, 2.24) is 4.90 Å². The molecule has 0 fully saturated rings. The number of thiophene rings is 1. The molecule has 0 bridgehead atoms. The summed E-state index contributed by atoms with van der Waals surface area (Å²) >= 11 is 1.81. The number of hydrogen-bond donors (Lipinski definition) is 1. The molecular formula is C11H17NO2S. The molecule has 0 amide bonds. The van der Waals surface area contributed by atoms with E-state index >= 15 is 0 Å². The number of carbonyl (C=O) groups is 1. The molecule has 0 aliphatic heterocycles. The van der Waals surface area contributed by atoms with Crippen molar-refractivity contribution in [2.24, 2.45) is 0 Å². The second-order valence-corrected chi connectivity index (χ2v) is 4.86. The van der Waals surface area contributed by atoms with Gasteiger partial charge < -0.3 is 10.0 Å². The standard InChI is InChI=1S/C11H17NO2S/c1-3-9-4-5-10(15-9)8-12(2)7-6-11(13)14/h4-5H,3,6-8H2,1-2H3,(H,13,14). The normalized spacial score (nSPS) is 10.9. The smallest absolute Gasteiger partial charge is 0.304 e. The van der Waals surface area contributed by atoms with Gasteiger partial charge >= 0.3 is 5.97 Å². The Labute approximate surface area is 94.3 Å². The maximum Gasteiger partial charge on any atom is 0.304 e. The number of carboxylic acids is 1. The van der Waals surface area contributed by atoms with Crippen LogP contribution in [0.2, 0.25) is 0 Å². The summed E-state index contributed by atoms with van der Waals surface area (Å²) in [4.78, 5) is 15.1. The monoisotopic (exact) mass is 227 g/mol. The lowest BCUT2D eigenvalue weighted by Crippen LogP contribution is -2.20. The Morgan fingerprint density at radius 3 is 2.67 bits per heavy atom. The Hall–Kier alpha value is -0.870. The Kier molecular flexibility index (Phi) is 4.78. The average Bonchev–Trinajstić information content (AvgIpc) is 2.62. The van der Waals surface area contributed by atoms with Crippen molar-refractivity contribution in [2.75, 3.05) is 13.6 Å². The molecule has 1 heterocycles. The molecule has 0 atom stereocenters. The van der Waals surface area contributed by atoms with Gasteiger partial charge in [0, 0.05) is 22.8 Å². The van der Waals surface area contributed by atoms with Gasteiger partial charge in [-0.05, 0) is 25.6 Å². The van der Waals surface area contributed by atoms with E-state index in [4.69, 9.17) is 5.11 Å². The minimum atomic E-state index is -0.734. The van der Waals surface area contributed by atoms with Gasteiger partial charge in [-0.1, -0.05) is 6.92 Å². The van der Waals surface area contributed by atoms with Crippen LogP contribution in [-0.4, -0.2) is 29.6 Å². The van der Waals surface area contributed by atoms with Gasteiger partial charge in [-0.3, -0.25) is 4.79 Å². The van der Waals surface area contributed by atoms with E-state index in [1.54, 1.807) is 11.3 Å². The molecule has 0 saturated heterocycles. The summed E-state index contributed by atoms with van der Waals surface area (Å²) in [6.45, 7) is 3.59. The van der Waals surface area contributed by atoms with Crippen molar-refractivity contribution in [1.29, 1.82) is 0 Å². The fourth-order valence-corrected chi connectivity index (χ4v) is 2.37. The van der Waals surface area contributed by atoms with E-state index in [9.17, 15) is 4.79 Å². The molecule has 0 aliphatic rings. The summed E-state index contributed by atoms with van der Waals surface area (Å²) < 4.78 is 0. The van der Waals surface area contributed by atoms with E-state index in [0.717, 1.165) is 13.0 Å². The van der Waals surface area contributed by atoms with Crippen LogP contribution in [0.1, 0.15) is 23.1 Å². The van der Waals surface area contributed by atoms with Crippen LogP contribution in [0, 0.1) is 0 Å². The fourth-order valence-electron chi connectivity index (χ4n) is 1.33. The van der Waals surface area contributed by atoms with Crippen LogP contribution in [0.3, 0.4) is 0 Å². The molecule has 0 radical (unpaired) electrons. The summed E-state index contributed by atoms with van der Waals surface area (Å²) in [6, 6.07) is 4.27. The molecule has 15 heavy (non-hydrogen) atoms. The topological polar surface area (TPSA) is 40.5 Å². The molecule has 1 aromatic heterocycles. The highest BCUT2D eigenvalue weighted by Gasteiger charge is 2.05. The average molecular weight is 227 g/mol. The molecule has 3 nitrogen and oxygen atoms in total. The predicted octanol–water partition coefficient (Wildman–Crippen LogP) is 2.22. The third-order valence-corrected chi connectivity index (χ3v) is 3.41. The molecule has 0 unspecified atom stereocenters. The van der Waals surface area contributed by atoms with Crippen molar-refractivity contribution >= 4 is 17.3 Å². The lowest BCUT2D eigenvalue weighted by molar-refractivity contribution is -0.137. The summed E-state index contributed by atoms with van der Waals surface area (Å²) in [5.74, 6) is -0.734. The zero-order chi connectivity index (χ0) is 11.3. The number of aryl methyl sites for hydroxylation is 1. The van der Waals surface area contributed by atoms with E-state index in [-0.39, 0.29) is 6.42 Å². The van der Waals surface area contributed by atoms with Gasteiger partial charge in [-0.25, -0.2) is 0 Å². The molecule has 4 heteroatoms. The van der Waals surface area contributed by atoms with Crippen molar-refractivity contribution in [2.45, 2.75) is 26.3 Å². The predicted molar refractivity (Wildman–Crippen MR) is 62.3 cm³/mol. The first-order chi connectivity index (χ1) is 7.11. The lowest BCUT2D eigenvalue weighted by Gasteiger charge is -2.13. The molecular weight excluding hydrogens is 210 g/mol. The summed E-state index contributed by atoms with van der Waals surface area (Å²) in [5.41, 5.74) is 0. The lowest BCUT2D eigenvalue weighted by atomic mass is 10.3. The quantitative estimate of drug-likeness (QED) is 0.810. The zero-order valence-electron chi connectivity index (χ0n) is 9.19. The van der Waals surface area contributed by atoms with Crippen LogP contribution < -0.4 is 0 Å². The third kappa shape index (κ3) is 4.44. The van der Waals surface area contributed by atoms with Crippen LogP contribution in [0.15, 0.2) is 12.1 Å². The number of carboxylic acid groups (broad SMARTS) is 1. The number of nitrogens with zero attached hydrogens (tertiary/aromatic N) is 1. The van der Waals surface area contributed by atoms with Gasteiger partial charge in [0.15, 0.2) is 0 Å². The molecule has 0 spiro atoms. The second kappa shape index (κ2) is 5.88. The number of aliphatic carboxylic acids is 1. The molecule has 84 valence electrons. The van der Waals surface area contributed by atoms with Crippen molar-refractivity contribution in [3.8, 4) is 0 Å². The molecule has 0 aliphatic carbocycles. The van der Waals surface area contributed by atoms with E-state index in [1.165, 1.54) is 9.75 Å². The van der Waals surface area contributed by atoms with Crippen molar-refractivity contribution in [3.63, 3.8) is 0 Å². The highest BCUT2D eigenvalue weighted by molar-refractivity contribution is 7.11. The van der Waals surface area contributed by atoms with Gasteiger partial charge in [0.2, 0.25) is 0 Å². The van der Waals surface area contributed by atoms with E-state index in [0.29, 0.717) is 6.54 Å². The highest BCUT2D eigenvalue weighted by Crippen LogP contribution is 2.18. The number of hydrogen-bond acceptors (Lipinski definition) is 3. The van der Waals surface area contributed by atoms with Gasteiger partial charge in [-0.2, -0.15) is 0 Å². The second-order valence-electron chi connectivity index (χ2n) is 3.60. The van der Waals surface area contributed by atoms with Gasteiger partial charge in [0.25, 0.3) is 0 Å². The van der Waals surface area contributed by atoms with Crippen LogP contribution in [0.25, 0.3) is 0 Å². The largest absolute Gasteiger partial charge is 0.481 e. The van der Waals surface area contributed by atoms with Gasteiger partial charge in [0.05, 0.1) is 6.42 Å². The van der Waals surface area contributed by atoms with Crippen LogP contribution in [0.5, 0.6) is 0 Å². The van der Waals surface area contributed by atoms with Crippen LogP contribution in [-0.2, 0) is 17.8 Å². The maximum absolute atomic E-state index is 10.4. The fraction of sp³-hybridized carbons (Fsp3) is 0.545. The maximum atomic E-state index is 10.4. The van der Waals surface area contributed by atoms with Gasteiger partial charge in [-0.15, -0.1) is 11.3 Å². The Morgan fingerprint density at radius 2 is 2.13 bits per heavy atom. The van der Waals surface area contributed by atoms with E-state index in [2.05, 4.69) is 19.1 Å². The van der Waals surface area contributed by atoms with Crippen molar-refractivity contribution in [3.05, 3.63) is 21.9 Å².